The van der Waals surface area contributed by atoms with Crippen LogP contribution in [0.1, 0.15) is 18.0 Å². The molecule has 1 saturated heterocycles. The number of halogens is 1. The van der Waals surface area contributed by atoms with Gasteiger partial charge in [0.2, 0.25) is 0 Å². The Hall–Kier alpha value is -0.0300. The van der Waals surface area contributed by atoms with E-state index in [0.29, 0.717) is 12.6 Å². The van der Waals surface area contributed by atoms with Crippen molar-refractivity contribution in [3.63, 3.8) is 0 Å². The molecule has 1 heterocycles. The molecule has 0 amide bonds. The molecule has 2 nitrogen and oxygen atoms in total. The fourth-order valence-electron chi connectivity index (χ4n) is 2.29. The summed E-state index contributed by atoms with van der Waals surface area (Å²) in [4.78, 5) is 2.53. The summed E-state index contributed by atoms with van der Waals surface area (Å²) in [6, 6.07) is 8.89. The molecule has 1 atom stereocenters. The Bertz CT molecular complexity index is 351. The fraction of sp³-hybridized carbons (Fsp3) is 0.538. The summed E-state index contributed by atoms with van der Waals surface area (Å²) in [5.74, 6) is 2.51. The van der Waals surface area contributed by atoms with Gasteiger partial charge in [0.15, 0.2) is 0 Å². The number of hydrogen-bond acceptors (Lipinski definition) is 3. The Morgan fingerprint density at radius 1 is 1.35 bits per heavy atom. The Balaban J connectivity index is 2.14. The van der Waals surface area contributed by atoms with Crippen LogP contribution in [0.4, 0.5) is 0 Å². The van der Waals surface area contributed by atoms with Crippen LogP contribution in [0.15, 0.2) is 28.7 Å². The van der Waals surface area contributed by atoms with Crippen LogP contribution in [0, 0.1) is 0 Å². The van der Waals surface area contributed by atoms with Crippen molar-refractivity contribution in [2.24, 2.45) is 5.73 Å². The molecule has 1 aromatic rings. The van der Waals surface area contributed by atoms with Gasteiger partial charge in [0.25, 0.3) is 0 Å². The highest BCUT2D eigenvalue weighted by Gasteiger charge is 2.20. The first-order valence-corrected chi connectivity index (χ1v) is 8.03. The summed E-state index contributed by atoms with van der Waals surface area (Å²) in [5.41, 5.74) is 7.30. The van der Waals surface area contributed by atoms with E-state index in [0.717, 1.165) is 11.0 Å². The van der Waals surface area contributed by atoms with Crippen LogP contribution in [0.3, 0.4) is 0 Å². The first-order valence-electron chi connectivity index (χ1n) is 6.08. The van der Waals surface area contributed by atoms with Crippen molar-refractivity contribution in [1.82, 2.24) is 4.90 Å². The van der Waals surface area contributed by atoms with Gasteiger partial charge in [-0.25, -0.2) is 0 Å². The normalized spacial score (nSPS) is 19.9. The maximum atomic E-state index is 5.97. The minimum Gasteiger partial charge on any atom is -0.329 e. The third kappa shape index (κ3) is 3.71. The number of benzene rings is 1. The van der Waals surface area contributed by atoms with E-state index in [4.69, 9.17) is 5.73 Å². The molecule has 0 aliphatic carbocycles. The lowest BCUT2D eigenvalue weighted by Crippen LogP contribution is -2.35. The molecule has 0 aromatic heterocycles. The summed E-state index contributed by atoms with van der Waals surface area (Å²) < 4.78 is 1.14. The zero-order chi connectivity index (χ0) is 12.1. The van der Waals surface area contributed by atoms with E-state index in [-0.39, 0.29) is 0 Å². The van der Waals surface area contributed by atoms with E-state index >= 15 is 0 Å². The molecule has 1 aliphatic heterocycles. The molecule has 0 bridgehead atoms. The monoisotopic (exact) mass is 314 g/mol. The second-order valence-corrected chi connectivity index (χ2v) is 6.45. The molecular weight excluding hydrogens is 296 g/mol. The molecule has 1 aliphatic rings. The van der Waals surface area contributed by atoms with E-state index < -0.39 is 0 Å². The summed E-state index contributed by atoms with van der Waals surface area (Å²) in [7, 11) is 0. The highest BCUT2D eigenvalue weighted by molar-refractivity contribution is 9.10. The summed E-state index contributed by atoms with van der Waals surface area (Å²) in [6.45, 7) is 3.02. The van der Waals surface area contributed by atoms with Crippen LogP contribution in [0.2, 0.25) is 0 Å². The zero-order valence-corrected chi connectivity index (χ0v) is 12.3. The smallest absolute Gasteiger partial charge is 0.0471 e. The molecule has 1 fully saturated rings. The van der Waals surface area contributed by atoms with Crippen molar-refractivity contribution >= 4 is 27.7 Å². The molecule has 0 saturated carbocycles. The van der Waals surface area contributed by atoms with E-state index in [1.54, 1.807) is 0 Å². The first-order chi connectivity index (χ1) is 8.31. The summed E-state index contributed by atoms with van der Waals surface area (Å²) >= 11 is 5.59. The van der Waals surface area contributed by atoms with E-state index in [2.05, 4.69) is 56.9 Å². The van der Waals surface area contributed by atoms with Crippen LogP contribution >= 0.6 is 27.7 Å². The van der Waals surface area contributed by atoms with Gasteiger partial charge in [-0.2, -0.15) is 11.8 Å². The molecule has 0 spiro atoms. The topological polar surface area (TPSA) is 29.3 Å². The minimum atomic E-state index is 0.367. The summed E-state index contributed by atoms with van der Waals surface area (Å²) in [6.07, 6.45) is 1.27. The van der Waals surface area contributed by atoms with E-state index in [9.17, 15) is 0 Å². The highest BCUT2D eigenvalue weighted by atomic mass is 79.9. The molecule has 94 valence electrons. The maximum Gasteiger partial charge on any atom is 0.0471 e. The second kappa shape index (κ2) is 6.78. The Kier molecular flexibility index (Phi) is 5.35. The second-order valence-electron chi connectivity index (χ2n) is 4.31. The van der Waals surface area contributed by atoms with Crippen molar-refractivity contribution in [2.75, 3.05) is 31.1 Å². The van der Waals surface area contributed by atoms with Crippen LogP contribution in [0.5, 0.6) is 0 Å². The fourth-order valence-corrected chi connectivity index (χ4v) is 3.60. The zero-order valence-electron chi connectivity index (χ0n) is 9.94. The lowest BCUT2D eigenvalue weighted by molar-refractivity contribution is 0.218. The largest absolute Gasteiger partial charge is 0.329 e. The van der Waals surface area contributed by atoms with Gasteiger partial charge in [0.05, 0.1) is 0 Å². The molecule has 0 radical (unpaired) electrons. The van der Waals surface area contributed by atoms with Crippen molar-refractivity contribution in [3.05, 3.63) is 34.3 Å². The Labute approximate surface area is 116 Å². The standard InChI is InChI=1S/C13H19BrN2S/c14-12-4-1-3-11(9-12)13(10-15)16-5-2-7-17-8-6-16/h1,3-4,9,13H,2,5-8,10,15H2. The SMILES string of the molecule is NCC(c1cccc(Br)c1)N1CCCSCC1. The number of rotatable bonds is 3. The van der Waals surface area contributed by atoms with Gasteiger partial charge in [-0.05, 0) is 36.4 Å². The number of nitrogens with two attached hydrogens (primary N) is 1. The van der Waals surface area contributed by atoms with Gasteiger partial charge in [-0.1, -0.05) is 28.1 Å². The minimum absolute atomic E-state index is 0.367. The van der Waals surface area contributed by atoms with Gasteiger partial charge >= 0.3 is 0 Å². The lowest BCUT2D eigenvalue weighted by Gasteiger charge is -2.29. The van der Waals surface area contributed by atoms with Gasteiger partial charge < -0.3 is 5.73 Å². The summed E-state index contributed by atoms with van der Waals surface area (Å²) in [5, 5.41) is 0. The van der Waals surface area contributed by atoms with Crippen molar-refractivity contribution in [3.8, 4) is 0 Å². The third-order valence-corrected chi connectivity index (χ3v) is 4.70. The molecular formula is C13H19BrN2S. The Morgan fingerprint density at radius 3 is 3.00 bits per heavy atom. The average Bonchev–Trinajstić information content (AvgIpc) is 2.59. The van der Waals surface area contributed by atoms with Gasteiger partial charge in [0, 0.05) is 29.4 Å². The van der Waals surface area contributed by atoms with Gasteiger partial charge in [0.1, 0.15) is 0 Å². The van der Waals surface area contributed by atoms with E-state index in [1.807, 2.05) is 0 Å². The molecule has 2 N–H and O–H groups in total. The Morgan fingerprint density at radius 2 is 2.24 bits per heavy atom. The van der Waals surface area contributed by atoms with Gasteiger partial charge in [-0.15, -0.1) is 0 Å². The third-order valence-electron chi connectivity index (χ3n) is 3.15. The average molecular weight is 315 g/mol. The van der Waals surface area contributed by atoms with E-state index in [1.165, 1.54) is 30.0 Å². The molecule has 1 unspecified atom stereocenters. The number of hydrogen-bond donors (Lipinski definition) is 1. The maximum absolute atomic E-state index is 5.97. The number of nitrogens with zero attached hydrogens (tertiary/aromatic N) is 1. The van der Waals surface area contributed by atoms with Crippen LogP contribution in [0.25, 0.3) is 0 Å². The molecule has 17 heavy (non-hydrogen) atoms. The molecule has 2 rings (SSSR count). The predicted molar refractivity (Wildman–Crippen MR) is 79.5 cm³/mol. The molecule has 1 aromatic carbocycles. The van der Waals surface area contributed by atoms with Crippen LogP contribution in [-0.4, -0.2) is 36.0 Å². The quantitative estimate of drug-likeness (QED) is 0.930. The predicted octanol–water partition coefficient (Wildman–Crippen LogP) is 2.89. The van der Waals surface area contributed by atoms with Gasteiger partial charge in [-0.3, -0.25) is 4.90 Å². The molecule has 4 heteroatoms. The van der Waals surface area contributed by atoms with Crippen molar-refractivity contribution < 1.29 is 0 Å². The lowest BCUT2D eigenvalue weighted by atomic mass is 10.1. The van der Waals surface area contributed by atoms with Crippen molar-refractivity contribution in [1.29, 1.82) is 0 Å². The van der Waals surface area contributed by atoms with Crippen molar-refractivity contribution in [2.45, 2.75) is 12.5 Å². The first kappa shape index (κ1) is 13.4. The highest BCUT2D eigenvalue weighted by Crippen LogP contribution is 2.25. The van der Waals surface area contributed by atoms with Crippen LogP contribution < -0.4 is 5.73 Å². The van der Waals surface area contributed by atoms with Crippen LogP contribution in [-0.2, 0) is 0 Å². The number of thioether (sulfide) groups is 1.